The van der Waals surface area contributed by atoms with Crippen molar-refractivity contribution in [3.05, 3.63) is 70.3 Å². The summed E-state index contributed by atoms with van der Waals surface area (Å²) in [5.74, 6) is -1.51. The van der Waals surface area contributed by atoms with Crippen LogP contribution in [0.2, 0.25) is 0 Å². The number of carbonyl (C=O) groups excluding carboxylic acids is 1. The number of hydrogen-bond acceptors (Lipinski definition) is 8. The van der Waals surface area contributed by atoms with E-state index >= 15 is 0 Å². The van der Waals surface area contributed by atoms with E-state index in [2.05, 4.69) is 0 Å². The first kappa shape index (κ1) is 17.9. The predicted molar refractivity (Wildman–Crippen MR) is 104 cm³/mol. The molecule has 0 bridgehead atoms. The third kappa shape index (κ3) is 2.69. The fourth-order valence-corrected chi connectivity index (χ4v) is 3.71. The Morgan fingerprint density at radius 1 is 0.933 bits per heavy atom. The van der Waals surface area contributed by atoms with Crippen molar-refractivity contribution in [3.8, 4) is 34.3 Å². The fraction of sp³-hybridized carbons (Fsp3) is 0.0909. The number of aromatic hydroxyl groups is 3. The topological polar surface area (TPSA) is 130 Å². The molecule has 2 aromatic carbocycles. The number of ether oxygens (including phenoxy) is 1. The average molecular weight is 406 g/mol. The number of hydrogen-bond donors (Lipinski definition) is 3. The van der Waals surface area contributed by atoms with Crippen LogP contribution in [0.4, 0.5) is 0 Å². The summed E-state index contributed by atoms with van der Waals surface area (Å²) in [5.41, 5.74) is 0.270. The zero-order chi connectivity index (χ0) is 21.0. The Labute approximate surface area is 168 Å². The Morgan fingerprint density at radius 3 is 2.50 bits per heavy atom. The monoisotopic (exact) mass is 406 g/mol. The smallest absolute Gasteiger partial charge is 0.312 e. The van der Waals surface area contributed by atoms with E-state index in [-0.39, 0.29) is 46.1 Å². The van der Waals surface area contributed by atoms with Gasteiger partial charge in [-0.3, -0.25) is 9.59 Å². The molecule has 30 heavy (non-hydrogen) atoms. The van der Waals surface area contributed by atoms with Crippen LogP contribution in [0.25, 0.3) is 22.3 Å². The Balaban J connectivity index is 1.83. The summed E-state index contributed by atoms with van der Waals surface area (Å²) in [7, 11) is 0. The first-order chi connectivity index (χ1) is 14.4. The first-order valence-electron chi connectivity index (χ1n) is 9.02. The molecular weight excluding hydrogens is 392 g/mol. The predicted octanol–water partition coefficient (Wildman–Crippen LogP) is 3.61. The van der Waals surface area contributed by atoms with Gasteiger partial charge in [-0.2, -0.15) is 0 Å². The van der Waals surface area contributed by atoms with Crippen LogP contribution < -0.4 is 10.2 Å². The number of phenolic OH excluding ortho intramolecular Hbond substituents is 3. The highest BCUT2D eigenvalue weighted by atomic mass is 16.5. The van der Waals surface area contributed by atoms with Crippen LogP contribution in [0, 0.1) is 0 Å². The van der Waals surface area contributed by atoms with Crippen LogP contribution >= 0.6 is 0 Å². The number of fused-ring (bicyclic) bond motifs is 3. The second-order valence-corrected chi connectivity index (χ2v) is 6.94. The SMILES string of the molecule is O=C1CC(c2ccco2)c2c(cc(O)c3c(=O)cc(-c4ccc(O)c(O)c4)oc23)O1. The van der Waals surface area contributed by atoms with Crippen molar-refractivity contribution in [2.75, 3.05) is 0 Å². The quantitative estimate of drug-likeness (QED) is 0.261. The normalized spacial score (nSPS) is 15.7. The Bertz CT molecular complexity index is 1360. The molecule has 0 fully saturated rings. The highest BCUT2D eigenvalue weighted by molar-refractivity contribution is 5.93. The number of rotatable bonds is 2. The number of furan rings is 1. The lowest BCUT2D eigenvalue weighted by molar-refractivity contribution is -0.135. The second kappa shape index (κ2) is 6.41. The van der Waals surface area contributed by atoms with E-state index in [4.69, 9.17) is 13.6 Å². The molecule has 1 aliphatic rings. The third-order valence-corrected chi connectivity index (χ3v) is 5.07. The summed E-state index contributed by atoms with van der Waals surface area (Å²) in [6, 6.07) is 9.76. The van der Waals surface area contributed by atoms with Crippen LogP contribution in [0.1, 0.15) is 23.7 Å². The molecule has 0 spiro atoms. The minimum Gasteiger partial charge on any atom is -0.507 e. The van der Waals surface area contributed by atoms with E-state index < -0.39 is 17.3 Å². The Morgan fingerprint density at radius 2 is 1.77 bits per heavy atom. The molecule has 0 saturated carbocycles. The molecule has 5 rings (SSSR count). The van der Waals surface area contributed by atoms with Gasteiger partial charge in [-0.05, 0) is 30.3 Å². The van der Waals surface area contributed by atoms with Gasteiger partial charge < -0.3 is 28.9 Å². The molecule has 8 heteroatoms. The lowest BCUT2D eigenvalue weighted by Crippen LogP contribution is -2.21. The molecule has 0 aliphatic carbocycles. The summed E-state index contributed by atoms with van der Waals surface area (Å²) in [4.78, 5) is 24.9. The highest BCUT2D eigenvalue weighted by Gasteiger charge is 2.35. The lowest BCUT2D eigenvalue weighted by Gasteiger charge is -2.24. The van der Waals surface area contributed by atoms with E-state index in [1.807, 2.05) is 0 Å². The molecule has 1 atom stereocenters. The van der Waals surface area contributed by atoms with Crippen molar-refractivity contribution in [2.24, 2.45) is 0 Å². The number of benzene rings is 2. The molecular formula is C22H14O8. The van der Waals surface area contributed by atoms with Crippen LogP contribution in [0.3, 0.4) is 0 Å². The zero-order valence-corrected chi connectivity index (χ0v) is 15.3. The molecule has 1 aliphatic heterocycles. The van der Waals surface area contributed by atoms with Gasteiger partial charge in [0.15, 0.2) is 16.9 Å². The Kier molecular flexibility index (Phi) is 3.82. The van der Waals surface area contributed by atoms with Gasteiger partial charge in [0.25, 0.3) is 0 Å². The van der Waals surface area contributed by atoms with Crippen molar-refractivity contribution < 1.29 is 33.7 Å². The molecule has 8 nitrogen and oxygen atoms in total. The second-order valence-electron chi connectivity index (χ2n) is 6.94. The molecule has 1 unspecified atom stereocenters. The molecule has 0 radical (unpaired) electrons. The van der Waals surface area contributed by atoms with Crippen molar-refractivity contribution in [3.63, 3.8) is 0 Å². The molecule has 0 saturated heterocycles. The Hall–Kier alpha value is -4.20. The van der Waals surface area contributed by atoms with Crippen molar-refractivity contribution in [2.45, 2.75) is 12.3 Å². The number of esters is 1. The van der Waals surface area contributed by atoms with Gasteiger partial charge in [0.1, 0.15) is 34.0 Å². The van der Waals surface area contributed by atoms with Crippen LogP contribution in [0.5, 0.6) is 23.0 Å². The van der Waals surface area contributed by atoms with Gasteiger partial charge in [0.05, 0.1) is 18.6 Å². The van der Waals surface area contributed by atoms with Crippen molar-refractivity contribution in [1.82, 2.24) is 0 Å². The molecule has 2 aromatic heterocycles. The van der Waals surface area contributed by atoms with E-state index in [0.717, 1.165) is 0 Å². The van der Waals surface area contributed by atoms with Crippen LogP contribution in [-0.2, 0) is 4.79 Å². The third-order valence-electron chi connectivity index (χ3n) is 5.07. The number of carbonyl (C=O) groups is 1. The largest absolute Gasteiger partial charge is 0.507 e. The summed E-state index contributed by atoms with van der Waals surface area (Å²) < 4.78 is 16.8. The van der Waals surface area contributed by atoms with Gasteiger partial charge in [-0.15, -0.1) is 0 Å². The first-order valence-corrected chi connectivity index (χ1v) is 9.02. The maximum Gasteiger partial charge on any atom is 0.312 e. The summed E-state index contributed by atoms with van der Waals surface area (Å²) in [5, 5.41) is 29.7. The standard InChI is InChI=1S/C22H14O8/c23-12-4-3-10(6-13(12)24)17-8-14(25)21-15(26)9-18-20(22(21)30-17)11(7-19(27)29-18)16-2-1-5-28-16/h1-6,8-9,11,23-24,26H,7H2. The maximum absolute atomic E-state index is 12.8. The average Bonchev–Trinajstić information content (AvgIpc) is 3.23. The lowest BCUT2D eigenvalue weighted by atomic mass is 9.88. The summed E-state index contributed by atoms with van der Waals surface area (Å²) in [6.45, 7) is 0. The van der Waals surface area contributed by atoms with E-state index in [1.165, 1.54) is 36.6 Å². The molecule has 4 aromatic rings. The van der Waals surface area contributed by atoms with Gasteiger partial charge in [0.2, 0.25) is 0 Å². The summed E-state index contributed by atoms with van der Waals surface area (Å²) in [6.07, 6.45) is 1.44. The molecule has 0 amide bonds. The molecule has 3 N–H and O–H groups in total. The van der Waals surface area contributed by atoms with Crippen molar-refractivity contribution in [1.29, 1.82) is 0 Å². The maximum atomic E-state index is 12.8. The minimum atomic E-state index is -0.578. The van der Waals surface area contributed by atoms with Crippen molar-refractivity contribution >= 4 is 16.9 Å². The van der Waals surface area contributed by atoms with E-state index in [1.54, 1.807) is 12.1 Å². The minimum absolute atomic E-state index is 0.0334. The number of phenols is 3. The van der Waals surface area contributed by atoms with Gasteiger partial charge in [-0.1, -0.05) is 0 Å². The van der Waals surface area contributed by atoms with Gasteiger partial charge in [-0.25, -0.2) is 0 Å². The van der Waals surface area contributed by atoms with Crippen LogP contribution in [0.15, 0.2) is 62.4 Å². The van der Waals surface area contributed by atoms with E-state index in [9.17, 15) is 24.9 Å². The molecule has 3 heterocycles. The van der Waals surface area contributed by atoms with Gasteiger partial charge in [0, 0.05) is 23.3 Å². The van der Waals surface area contributed by atoms with Crippen LogP contribution in [-0.4, -0.2) is 21.3 Å². The van der Waals surface area contributed by atoms with Gasteiger partial charge >= 0.3 is 5.97 Å². The van der Waals surface area contributed by atoms with E-state index in [0.29, 0.717) is 16.9 Å². The highest BCUT2D eigenvalue weighted by Crippen LogP contribution is 2.46. The fourth-order valence-electron chi connectivity index (χ4n) is 3.71. The zero-order valence-electron chi connectivity index (χ0n) is 15.3. The molecule has 150 valence electrons. The summed E-state index contributed by atoms with van der Waals surface area (Å²) >= 11 is 0.